The second kappa shape index (κ2) is 5.16. The maximum atomic E-state index is 5.72. The summed E-state index contributed by atoms with van der Waals surface area (Å²) in [6.07, 6.45) is 0. The fourth-order valence-corrected chi connectivity index (χ4v) is 2.12. The quantitative estimate of drug-likeness (QED) is 0.749. The van der Waals surface area contributed by atoms with E-state index in [1.807, 2.05) is 30.3 Å². The summed E-state index contributed by atoms with van der Waals surface area (Å²) in [6.45, 7) is 1.10. The van der Waals surface area contributed by atoms with Crippen molar-refractivity contribution in [2.45, 2.75) is 13.2 Å². The Hall–Kier alpha value is -2.26. The molecule has 19 heavy (non-hydrogen) atoms. The molecule has 0 aliphatic rings. The second-order valence-corrected chi connectivity index (χ2v) is 4.52. The number of aromatic nitrogens is 1. The van der Waals surface area contributed by atoms with Crippen LogP contribution in [-0.2, 0) is 13.2 Å². The van der Waals surface area contributed by atoms with E-state index in [0.29, 0.717) is 13.2 Å². The van der Waals surface area contributed by atoms with Gasteiger partial charge in [0.2, 0.25) is 0 Å². The number of fused-ring (bicyclic) bond motifs is 1. The molecule has 0 amide bonds. The van der Waals surface area contributed by atoms with Crippen LogP contribution < -0.4 is 10.5 Å². The Morgan fingerprint density at radius 2 is 1.84 bits per heavy atom. The lowest BCUT2D eigenvalue weighted by Crippen LogP contribution is -1.95. The van der Waals surface area contributed by atoms with Gasteiger partial charge in [-0.25, -0.2) is 0 Å². The second-order valence-electron chi connectivity index (χ2n) is 4.52. The van der Waals surface area contributed by atoms with Gasteiger partial charge in [0.05, 0.1) is 5.69 Å². The third kappa shape index (κ3) is 2.61. The van der Waals surface area contributed by atoms with Gasteiger partial charge in [0.25, 0.3) is 0 Å². The maximum absolute atomic E-state index is 5.72. The topological polar surface area (TPSA) is 51.0 Å². The summed E-state index contributed by atoms with van der Waals surface area (Å²) in [7, 11) is 0. The molecule has 0 aliphatic carbocycles. The number of benzene rings is 2. The lowest BCUT2D eigenvalue weighted by molar-refractivity contribution is 0.302. The maximum Gasteiger partial charge on any atom is 0.128 e. The van der Waals surface area contributed by atoms with Crippen molar-refractivity contribution in [1.82, 2.24) is 4.98 Å². The molecule has 0 saturated carbocycles. The van der Waals surface area contributed by atoms with Gasteiger partial charge in [-0.2, -0.15) is 0 Å². The van der Waals surface area contributed by atoms with Crippen LogP contribution in [-0.4, -0.2) is 4.98 Å². The van der Waals surface area contributed by atoms with Gasteiger partial charge in [0, 0.05) is 12.1 Å². The van der Waals surface area contributed by atoms with Gasteiger partial charge >= 0.3 is 0 Å². The van der Waals surface area contributed by atoms with E-state index >= 15 is 0 Å². The highest BCUT2D eigenvalue weighted by atomic mass is 16.5. The summed E-state index contributed by atoms with van der Waals surface area (Å²) in [4.78, 5) is 3.36. The van der Waals surface area contributed by atoms with Gasteiger partial charge in [0.1, 0.15) is 12.4 Å². The fraction of sp³-hybridized carbons (Fsp3) is 0.125. The molecule has 0 saturated heterocycles. The number of nitrogens with two attached hydrogens (primary N) is 1. The van der Waals surface area contributed by atoms with E-state index < -0.39 is 0 Å². The van der Waals surface area contributed by atoms with Gasteiger partial charge in [0.15, 0.2) is 0 Å². The van der Waals surface area contributed by atoms with Crippen LogP contribution in [0.2, 0.25) is 0 Å². The van der Waals surface area contributed by atoms with Crippen molar-refractivity contribution in [2.24, 2.45) is 5.73 Å². The van der Waals surface area contributed by atoms with E-state index in [0.717, 1.165) is 22.5 Å². The Labute approximate surface area is 112 Å². The SMILES string of the molecule is NCc1ccc2cc(COc3ccccc3)[nH]c2c1. The average molecular weight is 252 g/mol. The molecule has 0 aliphatic heterocycles. The molecule has 3 heteroatoms. The largest absolute Gasteiger partial charge is 0.487 e. The zero-order valence-corrected chi connectivity index (χ0v) is 10.6. The number of aromatic amines is 1. The molecule has 3 aromatic rings. The predicted molar refractivity (Wildman–Crippen MR) is 77.0 cm³/mol. The Bertz CT molecular complexity index is 674. The van der Waals surface area contributed by atoms with Crippen LogP contribution in [0.15, 0.2) is 54.6 Å². The molecule has 96 valence electrons. The van der Waals surface area contributed by atoms with Crippen LogP contribution >= 0.6 is 0 Å². The van der Waals surface area contributed by atoms with Crippen LogP contribution in [0, 0.1) is 0 Å². The first-order chi connectivity index (χ1) is 9.35. The van der Waals surface area contributed by atoms with Crippen LogP contribution in [0.1, 0.15) is 11.3 Å². The van der Waals surface area contributed by atoms with Crippen LogP contribution in [0.25, 0.3) is 10.9 Å². The number of hydrogen-bond acceptors (Lipinski definition) is 2. The van der Waals surface area contributed by atoms with Crippen LogP contribution in [0.4, 0.5) is 0 Å². The Balaban J connectivity index is 1.78. The number of nitrogens with one attached hydrogen (secondary N) is 1. The van der Waals surface area contributed by atoms with E-state index in [2.05, 4.69) is 29.2 Å². The molecule has 0 spiro atoms. The summed E-state index contributed by atoms with van der Waals surface area (Å²) in [5, 5.41) is 1.18. The predicted octanol–water partition coefficient (Wildman–Crippen LogP) is 3.21. The van der Waals surface area contributed by atoms with Crippen LogP contribution in [0.5, 0.6) is 5.75 Å². The summed E-state index contributed by atoms with van der Waals surface area (Å²) in [5.41, 5.74) is 8.94. The van der Waals surface area contributed by atoms with Gasteiger partial charge in [-0.05, 0) is 35.2 Å². The molecular weight excluding hydrogens is 236 g/mol. The highest BCUT2D eigenvalue weighted by molar-refractivity contribution is 5.81. The summed E-state index contributed by atoms with van der Waals surface area (Å²) in [5.74, 6) is 0.879. The van der Waals surface area contributed by atoms with Crippen LogP contribution in [0.3, 0.4) is 0 Å². The molecule has 0 atom stereocenters. The number of hydrogen-bond donors (Lipinski definition) is 2. The summed E-state index contributed by atoms with van der Waals surface area (Å²) >= 11 is 0. The van der Waals surface area contributed by atoms with Gasteiger partial charge in [-0.3, -0.25) is 0 Å². The molecule has 1 heterocycles. The Morgan fingerprint density at radius 3 is 2.63 bits per heavy atom. The first kappa shape index (κ1) is 11.8. The fourth-order valence-electron chi connectivity index (χ4n) is 2.12. The monoisotopic (exact) mass is 252 g/mol. The normalized spacial score (nSPS) is 10.8. The molecule has 2 aromatic carbocycles. The average Bonchev–Trinajstić information content (AvgIpc) is 2.88. The Morgan fingerprint density at radius 1 is 1.00 bits per heavy atom. The summed E-state index contributed by atoms with van der Waals surface area (Å²) in [6, 6.07) is 18.1. The molecule has 0 fully saturated rings. The molecule has 0 radical (unpaired) electrons. The molecule has 0 bridgehead atoms. The van der Waals surface area contributed by atoms with E-state index in [9.17, 15) is 0 Å². The third-order valence-electron chi connectivity index (χ3n) is 3.12. The minimum absolute atomic E-state index is 0.538. The number of para-hydroxylation sites is 1. The minimum Gasteiger partial charge on any atom is -0.487 e. The lowest BCUT2D eigenvalue weighted by atomic mass is 10.2. The van der Waals surface area contributed by atoms with Crippen molar-refractivity contribution in [3.05, 3.63) is 65.9 Å². The number of rotatable bonds is 4. The van der Waals surface area contributed by atoms with Crippen molar-refractivity contribution < 1.29 is 4.74 Å². The molecule has 3 rings (SSSR count). The van der Waals surface area contributed by atoms with Crippen molar-refractivity contribution in [3.8, 4) is 5.75 Å². The summed E-state index contributed by atoms with van der Waals surface area (Å²) < 4.78 is 5.72. The molecule has 3 nitrogen and oxygen atoms in total. The zero-order chi connectivity index (χ0) is 13.1. The Kier molecular flexibility index (Phi) is 3.21. The standard InChI is InChI=1S/C16H16N2O/c17-10-12-6-7-13-9-14(18-16(13)8-12)11-19-15-4-2-1-3-5-15/h1-9,18H,10-11,17H2. The van der Waals surface area contributed by atoms with Gasteiger partial charge in [-0.15, -0.1) is 0 Å². The zero-order valence-electron chi connectivity index (χ0n) is 10.6. The lowest BCUT2D eigenvalue weighted by Gasteiger charge is -2.03. The minimum atomic E-state index is 0.538. The molecule has 3 N–H and O–H groups in total. The first-order valence-corrected chi connectivity index (χ1v) is 6.33. The van der Waals surface area contributed by atoms with Crippen molar-refractivity contribution in [3.63, 3.8) is 0 Å². The van der Waals surface area contributed by atoms with Gasteiger partial charge in [-0.1, -0.05) is 30.3 Å². The number of H-pyrrole nitrogens is 1. The molecule has 0 unspecified atom stereocenters. The van der Waals surface area contributed by atoms with E-state index in [4.69, 9.17) is 10.5 Å². The van der Waals surface area contributed by atoms with Crippen molar-refractivity contribution >= 4 is 10.9 Å². The van der Waals surface area contributed by atoms with E-state index in [-0.39, 0.29) is 0 Å². The highest BCUT2D eigenvalue weighted by Gasteiger charge is 2.02. The van der Waals surface area contributed by atoms with E-state index in [1.54, 1.807) is 0 Å². The van der Waals surface area contributed by atoms with Crippen molar-refractivity contribution in [2.75, 3.05) is 0 Å². The molecule has 1 aromatic heterocycles. The van der Waals surface area contributed by atoms with Gasteiger partial charge < -0.3 is 15.5 Å². The third-order valence-corrected chi connectivity index (χ3v) is 3.12. The van der Waals surface area contributed by atoms with Crippen molar-refractivity contribution in [1.29, 1.82) is 0 Å². The molecular formula is C16H16N2O. The van der Waals surface area contributed by atoms with E-state index in [1.165, 1.54) is 5.39 Å². The highest BCUT2D eigenvalue weighted by Crippen LogP contribution is 2.18. The number of ether oxygens (including phenoxy) is 1. The smallest absolute Gasteiger partial charge is 0.128 e. The first-order valence-electron chi connectivity index (χ1n) is 6.33.